The number of para-hydroxylation sites is 1. The summed E-state index contributed by atoms with van der Waals surface area (Å²) >= 11 is 1.48. The molecule has 1 atom stereocenters. The molecule has 0 fully saturated rings. The SMILES string of the molecule is CC(N)c1cnc(N(C)c2ccccc2F)s1. The highest BCUT2D eigenvalue weighted by molar-refractivity contribution is 7.15. The molecule has 0 spiro atoms. The molecule has 2 rings (SSSR count). The molecule has 0 aliphatic carbocycles. The third-order valence-corrected chi connectivity index (χ3v) is 3.74. The first-order chi connectivity index (χ1) is 8.09. The molecule has 0 amide bonds. The number of benzene rings is 1. The Labute approximate surface area is 104 Å². The van der Waals surface area contributed by atoms with E-state index in [2.05, 4.69) is 4.98 Å². The van der Waals surface area contributed by atoms with Crippen LogP contribution in [-0.2, 0) is 0 Å². The van der Waals surface area contributed by atoms with E-state index in [9.17, 15) is 4.39 Å². The van der Waals surface area contributed by atoms with Crippen LogP contribution in [0, 0.1) is 5.82 Å². The number of nitrogens with two attached hydrogens (primary N) is 1. The normalized spacial score (nSPS) is 12.5. The van der Waals surface area contributed by atoms with Crippen molar-refractivity contribution in [2.75, 3.05) is 11.9 Å². The fourth-order valence-electron chi connectivity index (χ4n) is 1.47. The molecule has 0 radical (unpaired) electrons. The molecule has 5 heteroatoms. The minimum absolute atomic E-state index is 0.0460. The van der Waals surface area contributed by atoms with Crippen LogP contribution in [0.15, 0.2) is 30.5 Å². The summed E-state index contributed by atoms with van der Waals surface area (Å²) in [5.41, 5.74) is 6.29. The van der Waals surface area contributed by atoms with Gasteiger partial charge in [0.2, 0.25) is 0 Å². The largest absolute Gasteiger partial charge is 0.323 e. The Morgan fingerprint density at radius 2 is 2.12 bits per heavy atom. The van der Waals surface area contributed by atoms with Crippen LogP contribution >= 0.6 is 11.3 Å². The fraction of sp³-hybridized carbons (Fsp3) is 0.250. The predicted octanol–water partition coefficient (Wildman–Crippen LogP) is 3.07. The first-order valence-electron chi connectivity index (χ1n) is 5.29. The van der Waals surface area contributed by atoms with Crippen LogP contribution in [0.4, 0.5) is 15.2 Å². The Morgan fingerprint density at radius 3 is 2.71 bits per heavy atom. The zero-order valence-corrected chi connectivity index (χ0v) is 10.5. The predicted molar refractivity (Wildman–Crippen MR) is 69.2 cm³/mol. The van der Waals surface area contributed by atoms with Crippen LogP contribution in [0.1, 0.15) is 17.8 Å². The number of nitrogens with zero attached hydrogens (tertiary/aromatic N) is 2. The van der Waals surface area contributed by atoms with Crippen LogP contribution in [-0.4, -0.2) is 12.0 Å². The molecule has 1 unspecified atom stereocenters. The summed E-state index contributed by atoms with van der Waals surface area (Å²) in [6, 6.07) is 6.58. The lowest BCUT2D eigenvalue weighted by Gasteiger charge is -2.16. The lowest BCUT2D eigenvalue weighted by molar-refractivity contribution is 0.627. The zero-order valence-electron chi connectivity index (χ0n) is 9.72. The van der Waals surface area contributed by atoms with Gasteiger partial charge in [0.25, 0.3) is 0 Å². The van der Waals surface area contributed by atoms with Crippen molar-refractivity contribution in [1.29, 1.82) is 0 Å². The maximum atomic E-state index is 13.6. The lowest BCUT2D eigenvalue weighted by atomic mass is 10.3. The van der Waals surface area contributed by atoms with E-state index < -0.39 is 0 Å². The van der Waals surface area contributed by atoms with Gasteiger partial charge >= 0.3 is 0 Å². The van der Waals surface area contributed by atoms with Crippen LogP contribution in [0.2, 0.25) is 0 Å². The van der Waals surface area contributed by atoms with E-state index in [1.54, 1.807) is 36.3 Å². The summed E-state index contributed by atoms with van der Waals surface area (Å²) in [5.74, 6) is -0.257. The van der Waals surface area contributed by atoms with Crippen molar-refractivity contribution in [3.63, 3.8) is 0 Å². The molecule has 3 nitrogen and oxygen atoms in total. The van der Waals surface area contributed by atoms with Crippen molar-refractivity contribution < 1.29 is 4.39 Å². The van der Waals surface area contributed by atoms with Crippen molar-refractivity contribution in [1.82, 2.24) is 4.98 Å². The summed E-state index contributed by atoms with van der Waals surface area (Å²) < 4.78 is 13.6. The molecule has 0 aliphatic heterocycles. The topological polar surface area (TPSA) is 42.1 Å². The molecular weight excluding hydrogens is 237 g/mol. The molecular formula is C12H14FN3S. The summed E-state index contributed by atoms with van der Waals surface area (Å²) in [5, 5.41) is 0.738. The van der Waals surface area contributed by atoms with Crippen molar-refractivity contribution >= 4 is 22.2 Å². The number of aromatic nitrogens is 1. The van der Waals surface area contributed by atoms with Gasteiger partial charge in [-0.3, -0.25) is 0 Å². The van der Waals surface area contributed by atoms with Crippen molar-refractivity contribution in [3.05, 3.63) is 41.2 Å². The van der Waals surface area contributed by atoms with Gasteiger partial charge in [0, 0.05) is 24.2 Å². The highest BCUT2D eigenvalue weighted by atomic mass is 32.1. The lowest BCUT2D eigenvalue weighted by Crippen LogP contribution is -2.10. The molecule has 0 aliphatic rings. The van der Waals surface area contributed by atoms with Gasteiger partial charge in [-0.05, 0) is 19.1 Å². The first kappa shape index (κ1) is 12.0. The van der Waals surface area contributed by atoms with Crippen molar-refractivity contribution in [2.45, 2.75) is 13.0 Å². The Kier molecular flexibility index (Phi) is 3.40. The minimum atomic E-state index is -0.257. The van der Waals surface area contributed by atoms with Crippen molar-refractivity contribution in [2.24, 2.45) is 5.73 Å². The standard InChI is InChI=1S/C12H14FN3S/c1-8(14)11-7-15-12(17-11)16(2)10-6-4-3-5-9(10)13/h3-8H,14H2,1-2H3. The molecule has 0 saturated heterocycles. The Balaban J connectivity index is 2.31. The van der Waals surface area contributed by atoms with Gasteiger partial charge in [-0.25, -0.2) is 9.37 Å². The van der Waals surface area contributed by atoms with Crippen LogP contribution < -0.4 is 10.6 Å². The molecule has 90 valence electrons. The quantitative estimate of drug-likeness (QED) is 0.911. The van der Waals surface area contributed by atoms with Crippen LogP contribution in [0.25, 0.3) is 0 Å². The van der Waals surface area contributed by atoms with Crippen LogP contribution in [0.3, 0.4) is 0 Å². The number of thiazole rings is 1. The Bertz CT molecular complexity index is 510. The number of halogens is 1. The highest BCUT2D eigenvalue weighted by Crippen LogP contribution is 2.31. The second kappa shape index (κ2) is 4.81. The molecule has 1 aromatic heterocycles. The average Bonchev–Trinajstić information content (AvgIpc) is 2.78. The summed E-state index contributed by atoms with van der Waals surface area (Å²) in [6.45, 7) is 1.90. The maximum Gasteiger partial charge on any atom is 0.189 e. The molecule has 2 N–H and O–H groups in total. The minimum Gasteiger partial charge on any atom is -0.323 e. The zero-order chi connectivity index (χ0) is 12.4. The maximum absolute atomic E-state index is 13.6. The number of hydrogen-bond acceptors (Lipinski definition) is 4. The van der Waals surface area contributed by atoms with Gasteiger partial charge in [-0.2, -0.15) is 0 Å². The monoisotopic (exact) mass is 251 g/mol. The molecule has 1 aromatic carbocycles. The second-order valence-electron chi connectivity index (χ2n) is 3.84. The van der Waals surface area contributed by atoms with Gasteiger partial charge in [0.05, 0.1) is 5.69 Å². The molecule has 0 bridgehead atoms. The molecule has 0 saturated carbocycles. The summed E-state index contributed by atoms with van der Waals surface area (Å²) in [4.78, 5) is 6.97. The number of anilines is 2. The smallest absolute Gasteiger partial charge is 0.189 e. The van der Waals surface area contributed by atoms with E-state index in [0.717, 1.165) is 10.0 Å². The third-order valence-electron chi connectivity index (χ3n) is 2.46. The first-order valence-corrected chi connectivity index (χ1v) is 6.11. The molecule has 2 aromatic rings. The number of rotatable bonds is 3. The Hall–Kier alpha value is -1.46. The van der Waals surface area contributed by atoms with E-state index >= 15 is 0 Å². The second-order valence-corrected chi connectivity index (χ2v) is 4.88. The third kappa shape index (κ3) is 2.45. The van der Waals surface area contributed by atoms with E-state index in [-0.39, 0.29) is 11.9 Å². The molecule has 17 heavy (non-hydrogen) atoms. The Morgan fingerprint density at radius 1 is 1.41 bits per heavy atom. The van der Waals surface area contributed by atoms with Gasteiger partial charge in [-0.1, -0.05) is 23.5 Å². The van der Waals surface area contributed by atoms with E-state index in [1.807, 2.05) is 6.92 Å². The van der Waals surface area contributed by atoms with Gasteiger partial charge in [0.1, 0.15) is 5.82 Å². The average molecular weight is 251 g/mol. The van der Waals surface area contributed by atoms with Crippen molar-refractivity contribution in [3.8, 4) is 0 Å². The number of hydrogen-bond donors (Lipinski definition) is 1. The van der Waals surface area contributed by atoms with E-state index in [4.69, 9.17) is 5.73 Å². The summed E-state index contributed by atoms with van der Waals surface area (Å²) in [7, 11) is 1.79. The summed E-state index contributed by atoms with van der Waals surface area (Å²) in [6.07, 6.45) is 1.74. The fourth-order valence-corrected chi connectivity index (χ4v) is 2.31. The highest BCUT2D eigenvalue weighted by Gasteiger charge is 2.13. The van der Waals surface area contributed by atoms with E-state index in [0.29, 0.717) is 5.69 Å². The van der Waals surface area contributed by atoms with E-state index in [1.165, 1.54) is 17.4 Å². The molecule has 1 heterocycles. The van der Waals surface area contributed by atoms with Gasteiger partial charge < -0.3 is 10.6 Å². The van der Waals surface area contributed by atoms with Crippen LogP contribution in [0.5, 0.6) is 0 Å². The van der Waals surface area contributed by atoms with Gasteiger partial charge in [-0.15, -0.1) is 0 Å². The van der Waals surface area contributed by atoms with Gasteiger partial charge in [0.15, 0.2) is 5.13 Å².